The summed E-state index contributed by atoms with van der Waals surface area (Å²) in [5, 5.41) is 0.407. The van der Waals surface area contributed by atoms with Gasteiger partial charge in [-0.1, -0.05) is 11.6 Å². The first-order valence-corrected chi connectivity index (χ1v) is 8.52. The number of Topliss-reactive ketones (excluding diaryl/α,β-unsaturated/α-hetero) is 1. The zero-order valence-corrected chi connectivity index (χ0v) is 14.8. The first-order chi connectivity index (χ1) is 11.3. The molecule has 0 aromatic heterocycles. The summed E-state index contributed by atoms with van der Waals surface area (Å²) in [6, 6.07) is 3.27. The van der Waals surface area contributed by atoms with E-state index >= 15 is 0 Å². The van der Waals surface area contributed by atoms with Gasteiger partial charge in [0.05, 0.1) is 18.8 Å². The Labute approximate surface area is 146 Å². The molecule has 0 saturated heterocycles. The van der Waals surface area contributed by atoms with E-state index in [4.69, 9.17) is 25.8 Å². The Kier molecular flexibility index (Phi) is 4.58. The van der Waals surface area contributed by atoms with Gasteiger partial charge < -0.3 is 14.2 Å². The van der Waals surface area contributed by atoms with Crippen LogP contribution in [0.1, 0.15) is 61.6 Å². The number of benzene rings is 1. The van der Waals surface area contributed by atoms with Crippen molar-refractivity contribution in [2.75, 3.05) is 7.11 Å². The largest absolute Gasteiger partial charge is 0.465 e. The third kappa shape index (κ3) is 3.03. The lowest BCUT2D eigenvalue weighted by molar-refractivity contribution is -0.248. The molecule has 2 unspecified atom stereocenters. The highest BCUT2D eigenvalue weighted by Crippen LogP contribution is 2.47. The molecule has 2 atom stereocenters. The van der Waals surface area contributed by atoms with Crippen molar-refractivity contribution < 1.29 is 23.8 Å². The molecule has 0 radical (unpaired) electrons. The summed E-state index contributed by atoms with van der Waals surface area (Å²) in [7, 11) is 1.33. The molecule has 0 amide bonds. The van der Waals surface area contributed by atoms with Gasteiger partial charge in [0.2, 0.25) is 5.79 Å². The standard InChI is InChI=1S/C18H21ClO5/c1-10-16-14(17(21)22-3)8-12(19)9-15(16)24-18(2,23-10)11-4-6-13(20)7-5-11/h8-11H,4-7H2,1-3H3. The fourth-order valence-electron chi connectivity index (χ4n) is 3.67. The number of ether oxygens (including phenoxy) is 3. The van der Waals surface area contributed by atoms with Crippen LogP contribution in [0.25, 0.3) is 0 Å². The van der Waals surface area contributed by atoms with E-state index in [1.54, 1.807) is 12.1 Å². The van der Waals surface area contributed by atoms with Crippen LogP contribution in [0, 0.1) is 5.92 Å². The minimum Gasteiger partial charge on any atom is -0.465 e. The topological polar surface area (TPSA) is 61.8 Å². The van der Waals surface area contributed by atoms with Gasteiger partial charge in [0.1, 0.15) is 11.5 Å². The number of fused-ring (bicyclic) bond motifs is 1. The van der Waals surface area contributed by atoms with Crippen LogP contribution in [0.3, 0.4) is 0 Å². The maximum absolute atomic E-state index is 12.1. The Morgan fingerprint density at radius 1 is 1.33 bits per heavy atom. The highest BCUT2D eigenvalue weighted by Gasteiger charge is 2.45. The molecule has 1 aromatic carbocycles. The van der Waals surface area contributed by atoms with Crippen LogP contribution in [0.15, 0.2) is 12.1 Å². The predicted molar refractivity (Wildman–Crippen MR) is 88.3 cm³/mol. The molecule has 2 aliphatic rings. The van der Waals surface area contributed by atoms with Crippen LogP contribution in [0.4, 0.5) is 0 Å². The summed E-state index contributed by atoms with van der Waals surface area (Å²) in [6.45, 7) is 3.78. The molecule has 1 fully saturated rings. The van der Waals surface area contributed by atoms with Crippen molar-refractivity contribution in [3.05, 3.63) is 28.3 Å². The van der Waals surface area contributed by atoms with E-state index in [9.17, 15) is 9.59 Å². The Morgan fingerprint density at radius 2 is 2.00 bits per heavy atom. The van der Waals surface area contributed by atoms with E-state index in [1.807, 2.05) is 13.8 Å². The van der Waals surface area contributed by atoms with E-state index in [-0.39, 0.29) is 17.8 Å². The highest BCUT2D eigenvalue weighted by molar-refractivity contribution is 6.31. The summed E-state index contributed by atoms with van der Waals surface area (Å²) < 4.78 is 17.2. The average Bonchev–Trinajstić information content (AvgIpc) is 2.53. The number of ketones is 1. The van der Waals surface area contributed by atoms with Crippen molar-refractivity contribution in [1.29, 1.82) is 0 Å². The second kappa shape index (κ2) is 6.37. The van der Waals surface area contributed by atoms with Crippen LogP contribution in [0.2, 0.25) is 5.02 Å². The second-order valence-corrected chi connectivity index (χ2v) is 6.98. The van der Waals surface area contributed by atoms with Crippen molar-refractivity contribution in [2.24, 2.45) is 5.92 Å². The van der Waals surface area contributed by atoms with Gasteiger partial charge in [0.25, 0.3) is 0 Å². The lowest BCUT2D eigenvalue weighted by Crippen LogP contribution is -2.48. The monoisotopic (exact) mass is 352 g/mol. The average molecular weight is 353 g/mol. The minimum absolute atomic E-state index is 0.117. The third-order valence-corrected chi connectivity index (χ3v) is 5.15. The molecule has 1 aliphatic carbocycles. The molecule has 24 heavy (non-hydrogen) atoms. The third-order valence-electron chi connectivity index (χ3n) is 4.93. The highest BCUT2D eigenvalue weighted by atomic mass is 35.5. The molecule has 6 heteroatoms. The van der Waals surface area contributed by atoms with Gasteiger partial charge >= 0.3 is 5.97 Å². The molecule has 1 saturated carbocycles. The van der Waals surface area contributed by atoms with Crippen molar-refractivity contribution in [1.82, 2.24) is 0 Å². The number of carbonyl (C=O) groups is 2. The zero-order chi connectivity index (χ0) is 17.5. The molecule has 130 valence electrons. The quantitative estimate of drug-likeness (QED) is 0.751. The molecule has 5 nitrogen and oxygen atoms in total. The maximum Gasteiger partial charge on any atom is 0.338 e. The number of carbonyl (C=O) groups excluding carboxylic acids is 2. The molecule has 0 N–H and O–H groups in total. The summed E-state index contributed by atoms with van der Waals surface area (Å²) in [5.41, 5.74) is 1.00. The number of halogens is 1. The van der Waals surface area contributed by atoms with Crippen molar-refractivity contribution >= 4 is 23.4 Å². The molecule has 1 aromatic rings. The van der Waals surface area contributed by atoms with E-state index in [0.717, 1.165) is 12.8 Å². The van der Waals surface area contributed by atoms with Crippen LogP contribution < -0.4 is 4.74 Å². The summed E-state index contributed by atoms with van der Waals surface area (Å²) in [5.74, 6) is -0.368. The van der Waals surface area contributed by atoms with Gasteiger partial charge in [0.15, 0.2) is 0 Å². The Bertz CT molecular complexity index is 676. The Morgan fingerprint density at radius 3 is 2.62 bits per heavy atom. The lowest BCUT2D eigenvalue weighted by atomic mass is 9.82. The normalized spacial score (nSPS) is 27.3. The minimum atomic E-state index is -0.842. The van der Waals surface area contributed by atoms with Gasteiger partial charge in [-0.15, -0.1) is 0 Å². The van der Waals surface area contributed by atoms with E-state index in [2.05, 4.69) is 0 Å². The SMILES string of the molecule is COC(=O)c1cc(Cl)cc2c1C(C)OC(C)(C1CCC(=O)CC1)O2. The first kappa shape index (κ1) is 17.2. The summed E-state index contributed by atoms with van der Waals surface area (Å²) >= 11 is 6.16. The van der Waals surface area contributed by atoms with Crippen molar-refractivity contribution in [3.8, 4) is 5.75 Å². The molecular weight excluding hydrogens is 332 g/mol. The molecule has 0 spiro atoms. The van der Waals surface area contributed by atoms with Gasteiger partial charge in [-0.2, -0.15) is 0 Å². The number of hydrogen-bond acceptors (Lipinski definition) is 5. The predicted octanol–water partition coefficient (Wildman–Crippen LogP) is 4.07. The number of esters is 1. The van der Waals surface area contributed by atoms with Gasteiger partial charge in [0, 0.05) is 36.3 Å². The van der Waals surface area contributed by atoms with Gasteiger partial charge in [-0.25, -0.2) is 4.79 Å². The lowest BCUT2D eigenvalue weighted by Gasteiger charge is -2.45. The van der Waals surface area contributed by atoms with Crippen molar-refractivity contribution in [2.45, 2.75) is 51.4 Å². The van der Waals surface area contributed by atoms with Crippen LogP contribution >= 0.6 is 11.6 Å². The van der Waals surface area contributed by atoms with Crippen LogP contribution in [0.5, 0.6) is 5.75 Å². The maximum atomic E-state index is 12.1. The first-order valence-electron chi connectivity index (χ1n) is 8.14. The van der Waals surface area contributed by atoms with Gasteiger partial charge in [-0.3, -0.25) is 4.79 Å². The summed E-state index contributed by atoms with van der Waals surface area (Å²) in [6.07, 6.45) is 2.24. The molecular formula is C18H21ClO5. The molecule has 1 heterocycles. The Hall–Kier alpha value is -1.59. The zero-order valence-electron chi connectivity index (χ0n) is 14.1. The smallest absolute Gasteiger partial charge is 0.338 e. The van der Waals surface area contributed by atoms with Crippen LogP contribution in [-0.2, 0) is 14.3 Å². The Balaban J connectivity index is 1.97. The van der Waals surface area contributed by atoms with E-state index in [0.29, 0.717) is 34.7 Å². The fourth-order valence-corrected chi connectivity index (χ4v) is 3.88. The van der Waals surface area contributed by atoms with E-state index < -0.39 is 11.8 Å². The fraction of sp³-hybridized carbons (Fsp3) is 0.556. The van der Waals surface area contributed by atoms with Crippen LogP contribution in [-0.4, -0.2) is 24.6 Å². The molecule has 0 bridgehead atoms. The number of rotatable bonds is 2. The second-order valence-electron chi connectivity index (χ2n) is 6.55. The van der Waals surface area contributed by atoms with Crippen molar-refractivity contribution in [3.63, 3.8) is 0 Å². The molecule has 3 rings (SSSR count). The number of methoxy groups -OCH3 is 1. The van der Waals surface area contributed by atoms with Gasteiger partial charge in [-0.05, 0) is 31.9 Å². The van der Waals surface area contributed by atoms with E-state index in [1.165, 1.54) is 7.11 Å². The summed E-state index contributed by atoms with van der Waals surface area (Å²) in [4.78, 5) is 23.6. The number of hydrogen-bond donors (Lipinski definition) is 0. The molecule has 1 aliphatic heterocycles.